The molecular formula is C25H23N5O7. The molecule has 0 radical (unpaired) electrons. The summed E-state index contributed by atoms with van der Waals surface area (Å²) in [5, 5.41) is 15.2. The van der Waals surface area contributed by atoms with Gasteiger partial charge >= 0.3 is 5.91 Å². The molecule has 12 heteroatoms. The van der Waals surface area contributed by atoms with Gasteiger partial charge in [0.25, 0.3) is 17.5 Å². The maximum absolute atomic E-state index is 12.8. The molecule has 12 nitrogen and oxygen atoms in total. The number of rotatable bonds is 6. The first kappa shape index (κ1) is 25.1. The highest BCUT2D eigenvalue weighted by molar-refractivity contribution is 6.07. The number of nitro groups is 1. The molecule has 0 atom stereocenters. The van der Waals surface area contributed by atoms with E-state index >= 15 is 0 Å². The first-order valence-corrected chi connectivity index (χ1v) is 11.3. The summed E-state index contributed by atoms with van der Waals surface area (Å²) in [6, 6.07) is 11.9. The fourth-order valence-electron chi connectivity index (χ4n) is 4.01. The van der Waals surface area contributed by atoms with Gasteiger partial charge in [-0.05, 0) is 38.0 Å². The van der Waals surface area contributed by atoms with E-state index in [4.69, 9.17) is 9.15 Å². The van der Waals surface area contributed by atoms with Crippen LogP contribution in [-0.2, 0) is 6.42 Å². The number of nitrogens with zero attached hydrogens (tertiary/aromatic N) is 2. The number of aryl methyl sites for hydroxylation is 1. The van der Waals surface area contributed by atoms with Crippen LogP contribution in [0.2, 0.25) is 0 Å². The Bertz CT molecular complexity index is 1430. The topological polar surface area (TPSA) is 165 Å². The zero-order chi connectivity index (χ0) is 26.5. The van der Waals surface area contributed by atoms with Crippen LogP contribution >= 0.6 is 0 Å². The van der Waals surface area contributed by atoms with Gasteiger partial charge in [0.05, 0.1) is 23.3 Å². The monoisotopic (exact) mass is 505 g/mol. The highest BCUT2D eigenvalue weighted by atomic mass is 16.6. The Balaban J connectivity index is 1.49. The van der Waals surface area contributed by atoms with Crippen molar-refractivity contribution in [3.63, 3.8) is 0 Å². The Morgan fingerprint density at radius 2 is 1.78 bits per heavy atom. The summed E-state index contributed by atoms with van der Waals surface area (Å²) in [5.41, 5.74) is 8.86. The van der Waals surface area contributed by atoms with Gasteiger partial charge < -0.3 is 9.15 Å². The minimum absolute atomic E-state index is 0.00457. The Morgan fingerprint density at radius 3 is 2.54 bits per heavy atom. The van der Waals surface area contributed by atoms with Crippen molar-refractivity contribution in [3.05, 3.63) is 92.4 Å². The number of carbonyl (C=O) groups is 3. The molecule has 37 heavy (non-hydrogen) atoms. The molecule has 1 aliphatic rings. The normalized spacial score (nSPS) is 13.4. The van der Waals surface area contributed by atoms with Crippen molar-refractivity contribution in [2.45, 2.75) is 26.2 Å². The molecule has 0 bridgehead atoms. The predicted octanol–water partition coefficient (Wildman–Crippen LogP) is 3.05. The molecule has 0 saturated heterocycles. The van der Waals surface area contributed by atoms with Crippen LogP contribution in [-0.4, -0.2) is 35.5 Å². The molecule has 0 spiro atoms. The highest BCUT2D eigenvalue weighted by Crippen LogP contribution is 2.30. The summed E-state index contributed by atoms with van der Waals surface area (Å²) in [7, 11) is 1.44. The highest BCUT2D eigenvalue weighted by Gasteiger charge is 2.28. The third kappa shape index (κ3) is 5.32. The van der Waals surface area contributed by atoms with E-state index in [0.29, 0.717) is 47.6 Å². The first-order valence-electron chi connectivity index (χ1n) is 11.3. The molecule has 3 aromatic rings. The van der Waals surface area contributed by atoms with E-state index in [2.05, 4.69) is 21.4 Å². The Kier molecular flexibility index (Phi) is 7.28. The number of fused-ring (bicyclic) bond motifs is 1. The number of hydrogen-bond donors (Lipinski definition) is 3. The second-order valence-corrected chi connectivity index (χ2v) is 8.12. The number of amides is 3. The number of nitro benzene ring substituents is 1. The molecule has 190 valence electrons. The smallest absolute Gasteiger partial charge is 0.305 e. The van der Waals surface area contributed by atoms with Crippen LogP contribution in [0.1, 0.15) is 61.0 Å². The molecule has 4 rings (SSSR count). The van der Waals surface area contributed by atoms with Gasteiger partial charge in [0.1, 0.15) is 11.5 Å². The van der Waals surface area contributed by atoms with Crippen LogP contribution < -0.4 is 21.0 Å². The molecule has 1 aromatic heterocycles. The number of para-hydroxylation sites is 1. The summed E-state index contributed by atoms with van der Waals surface area (Å²) in [6.45, 7) is 1.68. The Hall–Kier alpha value is -5.00. The third-order valence-corrected chi connectivity index (χ3v) is 5.78. The van der Waals surface area contributed by atoms with Crippen molar-refractivity contribution >= 4 is 29.1 Å². The average molecular weight is 505 g/mol. The van der Waals surface area contributed by atoms with Gasteiger partial charge in [0, 0.05) is 35.2 Å². The van der Waals surface area contributed by atoms with Gasteiger partial charge in [-0.3, -0.25) is 35.3 Å². The molecule has 3 N–H and O–H groups in total. The van der Waals surface area contributed by atoms with E-state index in [1.54, 1.807) is 31.2 Å². The van der Waals surface area contributed by atoms with Crippen molar-refractivity contribution < 1.29 is 28.5 Å². The summed E-state index contributed by atoms with van der Waals surface area (Å²) in [5.74, 6) is -0.937. The predicted molar refractivity (Wildman–Crippen MR) is 131 cm³/mol. The van der Waals surface area contributed by atoms with Gasteiger partial charge in [0.2, 0.25) is 0 Å². The third-order valence-electron chi connectivity index (χ3n) is 5.78. The number of benzene rings is 2. The summed E-state index contributed by atoms with van der Waals surface area (Å²) in [4.78, 5) is 48.2. The molecule has 0 aliphatic heterocycles. The lowest BCUT2D eigenvalue weighted by atomic mass is 9.93. The van der Waals surface area contributed by atoms with Crippen LogP contribution in [0.4, 0.5) is 5.69 Å². The number of furan rings is 1. The average Bonchev–Trinajstić information content (AvgIpc) is 3.27. The number of nitrogens with one attached hydrogen (secondary N) is 3. The van der Waals surface area contributed by atoms with Crippen molar-refractivity contribution in [1.29, 1.82) is 0 Å². The molecule has 0 fully saturated rings. The Labute approximate surface area is 210 Å². The van der Waals surface area contributed by atoms with Crippen LogP contribution in [0.15, 0.2) is 58.0 Å². The summed E-state index contributed by atoms with van der Waals surface area (Å²) in [6.07, 6.45) is 1.76. The van der Waals surface area contributed by atoms with Gasteiger partial charge in [-0.25, -0.2) is 5.43 Å². The molecular weight excluding hydrogens is 482 g/mol. The number of ether oxygens (including phenoxy) is 1. The van der Waals surface area contributed by atoms with Gasteiger partial charge in [-0.1, -0.05) is 18.2 Å². The second kappa shape index (κ2) is 10.7. The number of non-ortho nitro benzene ring substituents is 1. The zero-order valence-corrected chi connectivity index (χ0v) is 20.0. The number of hydrazone groups is 1. The lowest BCUT2D eigenvalue weighted by Gasteiger charge is -2.13. The molecule has 2 aromatic carbocycles. The van der Waals surface area contributed by atoms with Gasteiger partial charge in [0.15, 0.2) is 5.76 Å². The standard InChI is InChI=1S/C25H23N5O7/c1-14-21-18(26-27-23(31)15-7-5-8-16(13-15)30(34)35)10-6-12-20(21)37-22(14)25(33)29-28-24(32)17-9-3-4-11-19(17)36-2/h3-5,7-9,11,13H,6,10,12H2,1-2H3,(H,27,31)(H,28,32)(H,29,33)/b26-18+. The first-order chi connectivity index (χ1) is 17.8. The fourth-order valence-corrected chi connectivity index (χ4v) is 4.01. The minimum Gasteiger partial charge on any atom is -0.496 e. The zero-order valence-electron chi connectivity index (χ0n) is 20.0. The summed E-state index contributed by atoms with van der Waals surface area (Å²) >= 11 is 0. The molecule has 0 saturated carbocycles. The van der Waals surface area contributed by atoms with E-state index < -0.39 is 22.6 Å². The van der Waals surface area contributed by atoms with E-state index in [1.165, 1.54) is 25.3 Å². The van der Waals surface area contributed by atoms with Crippen molar-refractivity contribution in [2.24, 2.45) is 5.10 Å². The molecule has 0 unspecified atom stereocenters. The number of methoxy groups -OCH3 is 1. The van der Waals surface area contributed by atoms with Gasteiger partial charge in [-0.2, -0.15) is 5.10 Å². The molecule has 1 aliphatic carbocycles. The maximum Gasteiger partial charge on any atom is 0.305 e. The van der Waals surface area contributed by atoms with E-state index in [-0.39, 0.29) is 22.6 Å². The largest absolute Gasteiger partial charge is 0.496 e. The quantitative estimate of drug-likeness (QED) is 0.342. The van der Waals surface area contributed by atoms with Gasteiger partial charge in [-0.15, -0.1) is 0 Å². The van der Waals surface area contributed by atoms with E-state index in [0.717, 1.165) is 6.07 Å². The lowest BCUT2D eigenvalue weighted by Crippen LogP contribution is -2.41. The summed E-state index contributed by atoms with van der Waals surface area (Å²) < 4.78 is 11.0. The number of hydrogen-bond acceptors (Lipinski definition) is 8. The van der Waals surface area contributed by atoms with Crippen LogP contribution in [0.5, 0.6) is 5.75 Å². The maximum atomic E-state index is 12.8. The van der Waals surface area contributed by atoms with Crippen LogP contribution in [0.3, 0.4) is 0 Å². The van der Waals surface area contributed by atoms with Crippen LogP contribution in [0, 0.1) is 17.0 Å². The van der Waals surface area contributed by atoms with Crippen molar-refractivity contribution in [2.75, 3.05) is 7.11 Å². The van der Waals surface area contributed by atoms with Crippen molar-refractivity contribution in [3.8, 4) is 5.75 Å². The molecule has 1 heterocycles. The van der Waals surface area contributed by atoms with Crippen molar-refractivity contribution in [1.82, 2.24) is 16.3 Å². The SMILES string of the molecule is COc1ccccc1C(=O)NNC(=O)c1oc2c(c1C)/C(=N/NC(=O)c1cccc([N+](=O)[O-])c1)CCC2. The Morgan fingerprint density at radius 1 is 1.03 bits per heavy atom. The number of hydrazine groups is 1. The second-order valence-electron chi connectivity index (χ2n) is 8.12. The minimum atomic E-state index is -0.657. The lowest BCUT2D eigenvalue weighted by molar-refractivity contribution is -0.384. The van der Waals surface area contributed by atoms with E-state index in [1.807, 2.05) is 0 Å². The fraction of sp³-hybridized carbons (Fsp3) is 0.200. The molecule has 3 amide bonds. The van der Waals surface area contributed by atoms with E-state index in [9.17, 15) is 24.5 Å². The number of carbonyl (C=O) groups excluding carboxylic acids is 3. The van der Waals surface area contributed by atoms with Crippen LogP contribution in [0.25, 0.3) is 0 Å².